The summed E-state index contributed by atoms with van der Waals surface area (Å²) < 4.78 is 2.47. The van der Waals surface area contributed by atoms with E-state index in [2.05, 4.69) is 22.6 Å². The van der Waals surface area contributed by atoms with Crippen LogP contribution in [0.3, 0.4) is 0 Å². The molecule has 5 nitrogen and oxygen atoms in total. The van der Waals surface area contributed by atoms with Crippen molar-refractivity contribution in [3.05, 3.63) is 97.1 Å². The molecule has 31 heavy (non-hydrogen) atoms. The predicted molar refractivity (Wildman–Crippen MR) is 133 cm³/mol. The molecule has 1 aliphatic heterocycles. The third-order valence-electron chi connectivity index (χ3n) is 5.31. The van der Waals surface area contributed by atoms with E-state index >= 15 is 0 Å². The van der Waals surface area contributed by atoms with E-state index in [9.17, 15) is 9.59 Å². The molecule has 0 radical (unpaired) electrons. The number of benzene rings is 3. The lowest BCUT2D eigenvalue weighted by atomic mass is 10.1. The smallest absolute Gasteiger partial charge is 0.266 e. The highest BCUT2D eigenvalue weighted by Crippen LogP contribution is 2.36. The minimum absolute atomic E-state index is 0.138. The maximum absolute atomic E-state index is 13.5. The van der Waals surface area contributed by atoms with Gasteiger partial charge in [0.1, 0.15) is 5.82 Å². The zero-order valence-electron chi connectivity index (χ0n) is 16.3. The molecule has 5 rings (SSSR count). The van der Waals surface area contributed by atoms with Crippen molar-refractivity contribution in [3.8, 4) is 5.69 Å². The van der Waals surface area contributed by atoms with Crippen LogP contribution < -0.4 is 10.5 Å². The van der Waals surface area contributed by atoms with E-state index in [0.29, 0.717) is 33.0 Å². The van der Waals surface area contributed by atoms with Gasteiger partial charge in [-0.2, -0.15) is 0 Å². The Morgan fingerprint density at radius 2 is 1.74 bits per heavy atom. The molecule has 0 saturated carbocycles. The second kappa shape index (κ2) is 7.62. The normalized spacial score (nSPS) is 14.5. The van der Waals surface area contributed by atoms with Crippen LogP contribution >= 0.6 is 34.2 Å². The third-order valence-corrected chi connectivity index (χ3v) is 6.23. The zero-order valence-corrected chi connectivity index (χ0v) is 19.3. The number of hydrogen-bond donors (Lipinski definition) is 0. The lowest BCUT2D eigenvalue weighted by molar-refractivity contribution is -0.112. The first-order chi connectivity index (χ1) is 14.9. The number of anilines is 1. The van der Waals surface area contributed by atoms with Gasteiger partial charge >= 0.3 is 0 Å². The number of para-hydroxylation sites is 1. The molecule has 1 aromatic heterocycles. The van der Waals surface area contributed by atoms with Crippen molar-refractivity contribution in [2.24, 2.45) is 0 Å². The zero-order chi connectivity index (χ0) is 21.7. The Labute approximate surface area is 196 Å². The van der Waals surface area contributed by atoms with E-state index < -0.39 is 0 Å². The minimum atomic E-state index is -0.204. The Kier molecular flexibility index (Phi) is 4.91. The largest absolute Gasteiger partial charge is 0.311 e. The number of carbonyl (C=O) groups excluding carboxylic acids is 1. The lowest BCUT2D eigenvalue weighted by Crippen LogP contribution is -2.23. The van der Waals surface area contributed by atoms with E-state index in [4.69, 9.17) is 16.6 Å². The fraction of sp³-hybridized carbons (Fsp3) is 0.0417. The van der Waals surface area contributed by atoms with Gasteiger partial charge in [-0.3, -0.25) is 14.2 Å². The quantitative estimate of drug-likeness (QED) is 0.261. The minimum Gasteiger partial charge on any atom is -0.311 e. The average molecular weight is 540 g/mol. The van der Waals surface area contributed by atoms with Crippen LogP contribution in [0.15, 0.2) is 71.5 Å². The number of fused-ring (bicyclic) bond motifs is 2. The molecule has 0 fully saturated rings. The Morgan fingerprint density at radius 3 is 2.52 bits per heavy atom. The molecule has 0 unspecified atom stereocenters. The molecule has 3 aromatic carbocycles. The van der Waals surface area contributed by atoms with Gasteiger partial charge in [0.15, 0.2) is 0 Å². The maximum atomic E-state index is 13.5. The average Bonchev–Trinajstić information content (AvgIpc) is 3.01. The van der Waals surface area contributed by atoms with Gasteiger partial charge in [-0.1, -0.05) is 29.8 Å². The number of nitrogens with zero attached hydrogens (tertiary/aromatic N) is 3. The Hall–Kier alpha value is -2.97. The SMILES string of the molecule is CN1C(=O)/C(=C\c2nc3ccc(I)cc3c(=O)n2-c2ccc(Cl)cc2)c2ccccc21. The van der Waals surface area contributed by atoms with Crippen LogP contribution in [0, 0.1) is 3.57 Å². The molecule has 2 heterocycles. The highest BCUT2D eigenvalue weighted by molar-refractivity contribution is 14.1. The summed E-state index contributed by atoms with van der Waals surface area (Å²) in [7, 11) is 1.74. The molecule has 1 aliphatic rings. The van der Waals surface area contributed by atoms with Crippen molar-refractivity contribution in [2.75, 3.05) is 11.9 Å². The summed E-state index contributed by atoms with van der Waals surface area (Å²) in [6.07, 6.45) is 1.69. The molecule has 0 N–H and O–H groups in total. The van der Waals surface area contributed by atoms with E-state index in [1.165, 1.54) is 4.57 Å². The van der Waals surface area contributed by atoms with Crippen molar-refractivity contribution < 1.29 is 4.79 Å². The van der Waals surface area contributed by atoms with Gasteiger partial charge in [-0.05, 0) is 77.2 Å². The topological polar surface area (TPSA) is 55.2 Å². The Bertz CT molecular complexity index is 1460. The number of hydrogen-bond acceptors (Lipinski definition) is 3. The summed E-state index contributed by atoms with van der Waals surface area (Å²) in [6, 6.07) is 20.1. The second-order valence-electron chi connectivity index (χ2n) is 7.19. The van der Waals surface area contributed by atoms with Crippen LogP contribution in [0.5, 0.6) is 0 Å². The standard InChI is InChI=1S/C24H15ClIN3O2/c1-28-21-5-3-2-4-17(21)18(23(28)30)13-22-27-20-11-8-15(26)12-19(20)24(31)29(22)16-9-6-14(25)7-10-16/h2-13H,1H3/b18-13-. The lowest BCUT2D eigenvalue weighted by Gasteiger charge is -2.12. The van der Waals surface area contributed by atoms with Gasteiger partial charge in [0.25, 0.3) is 11.5 Å². The van der Waals surface area contributed by atoms with E-state index in [-0.39, 0.29) is 11.5 Å². The molecule has 0 aliphatic carbocycles. The van der Waals surface area contributed by atoms with Gasteiger partial charge in [0.05, 0.1) is 27.9 Å². The molecule has 152 valence electrons. The first kappa shape index (κ1) is 20.0. The molecule has 0 bridgehead atoms. The van der Waals surface area contributed by atoms with Gasteiger partial charge in [-0.25, -0.2) is 4.98 Å². The third kappa shape index (κ3) is 3.36. The highest BCUT2D eigenvalue weighted by Gasteiger charge is 2.29. The van der Waals surface area contributed by atoms with Crippen molar-refractivity contribution in [1.29, 1.82) is 0 Å². The second-order valence-corrected chi connectivity index (χ2v) is 8.87. The highest BCUT2D eigenvalue weighted by atomic mass is 127. The van der Waals surface area contributed by atoms with E-state index in [0.717, 1.165) is 14.8 Å². The first-order valence-corrected chi connectivity index (χ1v) is 11.0. The predicted octanol–water partition coefficient (Wildman–Crippen LogP) is 5.16. The maximum Gasteiger partial charge on any atom is 0.266 e. The molecule has 4 aromatic rings. The van der Waals surface area contributed by atoms with Gasteiger partial charge in [0, 0.05) is 21.2 Å². The van der Waals surface area contributed by atoms with Crippen LogP contribution in [0.2, 0.25) is 5.02 Å². The number of amides is 1. The van der Waals surface area contributed by atoms with Crippen molar-refractivity contribution in [2.45, 2.75) is 0 Å². The van der Waals surface area contributed by atoms with Crippen LogP contribution in [0.4, 0.5) is 5.69 Å². The summed E-state index contributed by atoms with van der Waals surface area (Å²) in [4.78, 5) is 32.8. The summed E-state index contributed by atoms with van der Waals surface area (Å²) >= 11 is 8.23. The number of aromatic nitrogens is 2. The van der Waals surface area contributed by atoms with Crippen LogP contribution in [-0.2, 0) is 4.79 Å². The Morgan fingerprint density at radius 1 is 1.00 bits per heavy atom. The summed E-state index contributed by atoms with van der Waals surface area (Å²) in [6.45, 7) is 0. The van der Waals surface area contributed by atoms with Crippen molar-refractivity contribution in [1.82, 2.24) is 9.55 Å². The molecule has 7 heteroatoms. The number of likely N-dealkylation sites (N-methyl/N-ethyl adjacent to an activating group) is 1. The van der Waals surface area contributed by atoms with Gasteiger partial charge in [0.2, 0.25) is 0 Å². The first-order valence-electron chi connectivity index (χ1n) is 9.51. The number of halogens is 2. The fourth-order valence-electron chi connectivity index (χ4n) is 3.78. The molecule has 0 saturated heterocycles. The van der Waals surface area contributed by atoms with Crippen molar-refractivity contribution >= 4 is 68.3 Å². The molecule has 1 amide bonds. The summed E-state index contributed by atoms with van der Waals surface area (Å²) in [5, 5.41) is 1.08. The number of carbonyl (C=O) groups is 1. The van der Waals surface area contributed by atoms with Crippen LogP contribution in [0.25, 0.3) is 28.2 Å². The monoisotopic (exact) mass is 539 g/mol. The summed E-state index contributed by atoms with van der Waals surface area (Å²) in [5.74, 6) is 0.246. The molecule has 0 spiro atoms. The van der Waals surface area contributed by atoms with Crippen molar-refractivity contribution in [3.63, 3.8) is 0 Å². The van der Waals surface area contributed by atoms with Crippen LogP contribution in [0.1, 0.15) is 11.4 Å². The van der Waals surface area contributed by atoms with Crippen LogP contribution in [-0.4, -0.2) is 22.5 Å². The van der Waals surface area contributed by atoms with E-state index in [1.807, 2.05) is 42.5 Å². The molecule has 0 atom stereocenters. The fourth-order valence-corrected chi connectivity index (χ4v) is 4.40. The van der Waals surface area contributed by atoms with Gasteiger partial charge < -0.3 is 4.90 Å². The molecular weight excluding hydrogens is 525 g/mol. The van der Waals surface area contributed by atoms with E-state index in [1.54, 1.807) is 42.3 Å². The van der Waals surface area contributed by atoms with Gasteiger partial charge in [-0.15, -0.1) is 0 Å². The summed E-state index contributed by atoms with van der Waals surface area (Å²) in [5.41, 5.74) is 3.14. The number of rotatable bonds is 2. The molecular formula is C24H15ClIN3O2. The Balaban J connectivity index is 1.83.